The van der Waals surface area contributed by atoms with Gasteiger partial charge in [-0.05, 0) is 6.07 Å². The summed E-state index contributed by atoms with van der Waals surface area (Å²) in [6.07, 6.45) is 1.01. The van der Waals surface area contributed by atoms with E-state index in [-0.39, 0.29) is 12.6 Å². The van der Waals surface area contributed by atoms with Crippen molar-refractivity contribution >= 4 is 29.4 Å². The third kappa shape index (κ3) is 6.32. The molecule has 4 nitrogen and oxygen atoms in total. The van der Waals surface area contributed by atoms with Crippen LogP contribution < -0.4 is 10.6 Å². The van der Waals surface area contributed by atoms with Gasteiger partial charge in [-0.1, -0.05) is 35.9 Å². The quantitative estimate of drug-likeness (QED) is 0.510. The van der Waals surface area contributed by atoms with Crippen LogP contribution in [0, 0.1) is 0 Å². The minimum atomic E-state index is -0.815. The summed E-state index contributed by atoms with van der Waals surface area (Å²) < 4.78 is 0. The number of nitrogens with one attached hydrogen (secondary N) is 2. The molecule has 0 saturated carbocycles. The molecule has 0 aliphatic heterocycles. The van der Waals surface area contributed by atoms with Gasteiger partial charge in [0.1, 0.15) is 0 Å². The van der Waals surface area contributed by atoms with Crippen LogP contribution in [-0.4, -0.2) is 35.7 Å². The summed E-state index contributed by atoms with van der Waals surface area (Å²) >= 11 is 7.66. The predicted octanol–water partition coefficient (Wildman–Crippen LogP) is 2.59. The number of thioether (sulfide) groups is 1. The van der Waals surface area contributed by atoms with E-state index in [1.54, 1.807) is 36.0 Å². The zero-order valence-electron chi connectivity index (χ0n) is 11.1. The number of amides is 2. The highest BCUT2D eigenvalue weighted by molar-refractivity contribution is 7.99. The first-order chi connectivity index (χ1) is 9.65. The molecule has 1 rings (SSSR count). The minimum absolute atomic E-state index is 0.120. The fraction of sp³-hybridized carbons (Fsp3) is 0.357. The van der Waals surface area contributed by atoms with Crippen LogP contribution >= 0.6 is 23.4 Å². The van der Waals surface area contributed by atoms with E-state index in [0.29, 0.717) is 17.1 Å². The number of aliphatic hydroxyl groups excluding tert-OH is 1. The van der Waals surface area contributed by atoms with Crippen LogP contribution in [0.3, 0.4) is 0 Å². The van der Waals surface area contributed by atoms with Crippen molar-refractivity contribution < 1.29 is 9.90 Å². The lowest BCUT2D eigenvalue weighted by Gasteiger charge is -2.14. The summed E-state index contributed by atoms with van der Waals surface area (Å²) in [6.45, 7) is 4.32. The SMILES string of the molecule is C=CCSCCNC(=O)NCC(O)c1ccccc1Cl. The number of rotatable bonds is 8. The molecule has 0 bridgehead atoms. The molecule has 1 aromatic carbocycles. The predicted molar refractivity (Wildman–Crippen MR) is 85.3 cm³/mol. The Morgan fingerprint density at radius 1 is 1.45 bits per heavy atom. The Hall–Kier alpha value is -1.17. The number of halogens is 1. The molecule has 0 aliphatic rings. The van der Waals surface area contributed by atoms with E-state index in [1.807, 2.05) is 6.08 Å². The van der Waals surface area contributed by atoms with E-state index in [1.165, 1.54) is 0 Å². The number of urea groups is 1. The topological polar surface area (TPSA) is 61.4 Å². The number of carbonyl (C=O) groups excluding carboxylic acids is 1. The van der Waals surface area contributed by atoms with Gasteiger partial charge in [-0.3, -0.25) is 0 Å². The van der Waals surface area contributed by atoms with Crippen LogP contribution in [-0.2, 0) is 0 Å². The Morgan fingerprint density at radius 3 is 2.90 bits per heavy atom. The van der Waals surface area contributed by atoms with Crippen molar-refractivity contribution in [2.24, 2.45) is 0 Å². The second kappa shape index (κ2) is 9.69. The van der Waals surface area contributed by atoms with Crippen molar-refractivity contribution in [3.63, 3.8) is 0 Å². The molecule has 1 atom stereocenters. The van der Waals surface area contributed by atoms with Crippen LogP contribution in [0.4, 0.5) is 4.79 Å². The van der Waals surface area contributed by atoms with Gasteiger partial charge in [0.2, 0.25) is 0 Å². The summed E-state index contributed by atoms with van der Waals surface area (Å²) in [6, 6.07) is 6.73. The third-order valence-corrected chi connectivity index (χ3v) is 3.80. The summed E-state index contributed by atoms with van der Waals surface area (Å²) in [7, 11) is 0. The van der Waals surface area contributed by atoms with Crippen molar-refractivity contribution in [1.29, 1.82) is 0 Å². The van der Waals surface area contributed by atoms with Crippen LogP contribution in [0.2, 0.25) is 5.02 Å². The monoisotopic (exact) mass is 314 g/mol. The van der Waals surface area contributed by atoms with Gasteiger partial charge in [-0.25, -0.2) is 4.79 Å². The largest absolute Gasteiger partial charge is 0.387 e. The van der Waals surface area contributed by atoms with Gasteiger partial charge >= 0.3 is 6.03 Å². The van der Waals surface area contributed by atoms with E-state index in [9.17, 15) is 9.90 Å². The lowest BCUT2D eigenvalue weighted by molar-refractivity contribution is 0.173. The highest BCUT2D eigenvalue weighted by Gasteiger charge is 2.11. The summed E-state index contributed by atoms with van der Waals surface area (Å²) in [5.41, 5.74) is 0.607. The molecule has 110 valence electrons. The molecule has 3 N–H and O–H groups in total. The zero-order valence-corrected chi connectivity index (χ0v) is 12.7. The molecule has 1 aromatic rings. The van der Waals surface area contributed by atoms with Crippen molar-refractivity contribution in [2.75, 3.05) is 24.6 Å². The first-order valence-corrected chi connectivity index (χ1v) is 7.81. The number of carbonyl (C=O) groups is 1. The van der Waals surface area contributed by atoms with E-state index < -0.39 is 6.10 Å². The van der Waals surface area contributed by atoms with E-state index in [2.05, 4.69) is 17.2 Å². The Balaban J connectivity index is 2.24. The van der Waals surface area contributed by atoms with E-state index in [0.717, 1.165) is 11.5 Å². The van der Waals surface area contributed by atoms with Gasteiger partial charge in [0.15, 0.2) is 0 Å². The smallest absolute Gasteiger partial charge is 0.314 e. The Kier molecular flexibility index (Phi) is 8.18. The van der Waals surface area contributed by atoms with E-state index in [4.69, 9.17) is 11.6 Å². The summed E-state index contributed by atoms with van der Waals surface area (Å²) in [5.74, 6) is 1.70. The molecule has 20 heavy (non-hydrogen) atoms. The maximum absolute atomic E-state index is 11.5. The molecular weight excluding hydrogens is 296 g/mol. The third-order valence-electron chi connectivity index (χ3n) is 2.49. The highest BCUT2D eigenvalue weighted by Crippen LogP contribution is 2.21. The van der Waals surface area contributed by atoms with Gasteiger partial charge < -0.3 is 15.7 Å². The molecular formula is C14H19ClN2O2S. The Labute approximate surface area is 128 Å². The minimum Gasteiger partial charge on any atom is -0.387 e. The van der Waals surface area contributed by atoms with Crippen LogP contribution in [0.1, 0.15) is 11.7 Å². The van der Waals surface area contributed by atoms with Crippen LogP contribution in [0.25, 0.3) is 0 Å². The average molecular weight is 315 g/mol. The number of aliphatic hydroxyl groups is 1. The first kappa shape index (κ1) is 16.9. The fourth-order valence-corrected chi connectivity index (χ4v) is 2.35. The Bertz CT molecular complexity index is 443. The summed E-state index contributed by atoms with van der Waals surface area (Å²) in [4.78, 5) is 11.5. The lowest BCUT2D eigenvalue weighted by Crippen LogP contribution is -2.38. The van der Waals surface area contributed by atoms with Crippen LogP contribution in [0.15, 0.2) is 36.9 Å². The van der Waals surface area contributed by atoms with Gasteiger partial charge in [-0.15, -0.1) is 6.58 Å². The molecule has 0 heterocycles. The van der Waals surface area contributed by atoms with Crippen molar-refractivity contribution in [3.8, 4) is 0 Å². The van der Waals surface area contributed by atoms with Crippen molar-refractivity contribution in [3.05, 3.63) is 47.5 Å². The van der Waals surface area contributed by atoms with E-state index >= 15 is 0 Å². The van der Waals surface area contributed by atoms with Gasteiger partial charge in [0.25, 0.3) is 0 Å². The van der Waals surface area contributed by atoms with Gasteiger partial charge in [0, 0.05) is 35.2 Å². The van der Waals surface area contributed by atoms with Crippen molar-refractivity contribution in [2.45, 2.75) is 6.10 Å². The van der Waals surface area contributed by atoms with Gasteiger partial charge in [-0.2, -0.15) is 11.8 Å². The maximum atomic E-state index is 11.5. The molecule has 0 aromatic heterocycles. The second-order valence-corrected chi connectivity index (χ2v) is 5.59. The second-order valence-electron chi connectivity index (χ2n) is 4.04. The number of hydrogen-bond acceptors (Lipinski definition) is 3. The Morgan fingerprint density at radius 2 is 2.20 bits per heavy atom. The molecule has 0 radical (unpaired) electrons. The normalized spacial score (nSPS) is 11.7. The molecule has 2 amide bonds. The zero-order chi connectivity index (χ0) is 14.8. The average Bonchev–Trinajstić information content (AvgIpc) is 2.45. The fourth-order valence-electron chi connectivity index (χ4n) is 1.51. The molecule has 1 unspecified atom stereocenters. The highest BCUT2D eigenvalue weighted by atomic mass is 35.5. The summed E-state index contributed by atoms with van der Waals surface area (Å²) in [5, 5.41) is 15.8. The first-order valence-electron chi connectivity index (χ1n) is 6.28. The molecule has 0 fully saturated rings. The molecule has 0 saturated heterocycles. The lowest BCUT2D eigenvalue weighted by atomic mass is 10.1. The number of hydrogen-bond donors (Lipinski definition) is 3. The number of benzene rings is 1. The van der Waals surface area contributed by atoms with Gasteiger partial charge in [0.05, 0.1) is 6.10 Å². The van der Waals surface area contributed by atoms with Crippen LogP contribution in [0.5, 0.6) is 0 Å². The molecule has 0 aliphatic carbocycles. The maximum Gasteiger partial charge on any atom is 0.314 e. The standard InChI is InChI=1S/C14H19ClN2O2S/c1-2-8-20-9-7-16-14(19)17-10-13(18)11-5-3-4-6-12(11)15/h2-6,13,18H,1,7-10H2,(H2,16,17,19). The molecule has 6 heteroatoms. The van der Waals surface area contributed by atoms with Crippen molar-refractivity contribution in [1.82, 2.24) is 10.6 Å². The molecule has 0 spiro atoms.